The minimum atomic E-state index is -0.220. The molecule has 3 atom stereocenters. The summed E-state index contributed by atoms with van der Waals surface area (Å²) < 4.78 is 5.10. The van der Waals surface area contributed by atoms with E-state index in [1.165, 1.54) is 127 Å². The van der Waals surface area contributed by atoms with Gasteiger partial charge >= 0.3 is 0 Å². The van der Waals surface area contributed by atoms with Gasteiger partial charge in [-0.25, -0.2) is 0 Å². The lowest BCUT2D eigenvalue weighted by Crippen LogP contribution is -2.52. The van der Waals surface area contributed by atoms with Crippen molar-refractivity contribution in [2.75, 3.05) is 0 Å². The fourth-order valence-corrected chi connectivity index (χ4v) is 16.4. The third-order valence-corrected chi connectivity index (χ3v) is 18.5. The molecule has 19 rings (SSSR count). The van der Waals surface area contributed by atoms with Gasteiger partial charge < -0.3 is 8.97 Å². The lowest BCUT2D eigenvalue weighted by Gasteiger charge is -2.58. The van der Waals surface area contributed by atoms with Gasteiger partial charge in [-0.15, -0.1) is 0 Å². The molecule has 4 heteroatoms. The first kappa shape index (κ1) is 34.8. The molecule has 312 valence electrons. The van der Waals surface area contributed by atoms with Crippen molar-refractivity contribution in [2.45, 2.75) is 48.3 Å². The second-order valence-electron chi connectivity index (χ2n) is 21.1. The zero-order chi connectivity index (χ0) is 44.4. The van der Waals surface area contributed by atoms with Crippen LogP contribution in [0.25, 0.3) is 65.6 Å². The van der Waals surface area contributed by atoms with Crippen LogP contribution in [0.3, 0.4) is 0 Å². The van der Waals surface area contributed by atoms with Crippen LogP contribution in [0.15, 0.2) is 158 Å². The van der Waals surface area contributed by atoms with Gasteiger partial charge in [0, 0.05) is 66.8 Å². The first-order valence-corrected chi connectivity index (χ1v) is 24.1. The van der Waals surface area contributed by atoms with E-state index in [1.807, 2.05) is 0 Å². The molecule has 0 saturated carbocycles. The number of hydrogen-bond acceptors (Lipinski definition) is 2. The highest BCUT2D eigenvalue weighted by Gasteiger charge is 2.70. The molecule has 4 heterocycles. The monoisotopic (exact) mass is 860 g/mol. The van der Waals surface area contributed by atoms with E-state index in [9.17, 15) is 10.5 Å². The molecule has 3 aromatic heterocycles. The highest BCUT2D eigenvalue weighted by atomic mass is 15.0. The molecule has 0 saturated heterocycles. The minimum Gasteiger partial charge on any atom is -0.309 e. The van der Waals surface area contributed by atoms with Gasteiger partial charge in [0.2, 0.25) is 0 Å². The third kappa shape index (κ3) is 3.29. The summed E-state index contributed by atoms with van der Waals surface area (Å²) in [5.41, 5.74) is 26.4. The third-order valence-electron chi connectivity index (χ3n) is 18.5. The molecule has 0 radical (unpaired) electrons. The van der Waals surface area contributed by atoms with Crippen LogP contribution >= 0.6 is 0 Å². The van der Waals surface area contributed by atoms with E-state index in [2.05, 4.69) is 193 Å². The summed E-state index contributed by atoms with van der Waals surface area (Å²) in [6, 6.07) is 64.7. The molecule has 7 aliphatic rings. The molecular weight excluding hydrogens is 825 g/mol. The lowest BCUT2D eigenvalue weighted by molar-refractivity contribution is 0.333. The Bertz CT molecular complexity index is 4550. The van der Waals surface area contributed by atoms with Gasteiger partial charge in [0.1, 0.15) is 0 Å². The van der Waals surface area contributed by atoms with Crippen LogP contribution in [0.4, 0.5) is 0 Å². The number of para-hydroxylation sites is 2. The van der Waals surface area contributed by atoms with Gasteiger partial charge in [-0.05, 0) is 102 Å². The molecule has 1 aliphatic heterocycles. The number of nitrogens with zero attached hydrogens (tertiary/aromatic N) is 4. The quantitative estimate of drug-likeness (QED) is 0.152. The molecule has 68 heavy (non-hydrogen) atoms. The molecule has 12 aromatic rings. The van der Waals surface area contributed by atoms with Crippen LogP contribution in [-0.4, -0.2) is 8.97 Å². The Kier molecular flexibility index (Phi) is 5.57. The van der Waals surface area contributed by atoms with Crippen LogP contribution in [0, 0.1) is 22.7 Å². The van der Waals surface area contributed by atoms with Crippen LogP contribution in [-0.2, 0) is 10.8 Å². The average molecular weight is 861 g/mol. The molecule has 9 aromatic carbocycles. The van der Waals surface area contributed by atoms with Crippen molar-refractivity contribution < 1.29 is 0 Å². The van der Waals surface area contributed by atoms with Gasteiger partial charge in [-0.2, -0.15) is 10.5 Å². The fraction of sp³-hybridized carbons (Fsp3) is 0.125. The van der Waals surface area contributed by atoms with Crippen molar-refractivity contribution in [3.63, 3.8) is 0 Å². The standard InChI is InChI=1S/C64H36N4/c1-63(2)43-23-11-12-25-45(43)67-48-28-40-54-46(26-31(29-65)49-51-33-14-3-5-16-35(33)52(56(49)54)36-17-6-4-15-34(36)51)68-47-27-32(30-66)50-57(55(47)58(62(40)68)53(48)39-20-13-24-44(63)61(39)67)60-38-19-8-10-22-42(38)64(60)41-21-9-7-18-37(41)59(50)64/h3-28,51-52,59-60H,1-2H3. The van der Waals surface area contributed by atoms with Gasteiger partial charge in [0.15, 0.2) is 0 Å². The van der Waals surface area contributed by atoms with Crippen molar-refractivity contribution in [2.24, 2.45) is 0 Å². The van der Waals surface area contributed by atoms with Crippen molar-refractivity contribution in [3.05, 3.63) is 247 Å². The Labute approximate surface area is 390 Å². The second-order valence-corrected chi connectivity index (χ2v) is 21.1. The Hall–Kier alpha value is -8.44. The Morgan fingerprint density at radius 1 is 0.426 bits per heavy atom. The maximum absolute atomic E-state index is 11.5. The number of rotatable bonds is 0. The van der Waals surface area contributed by atoms with Gasteiger partial charge in [0.05, 0.1) is 56.5 Å². The molecule has 1 spiro atoms. The van der Waals surface area contributed by atoms with Gasteiger partial charge in [0.25, 0.3) is 0 Å². The maximum Gasteiger partial charge on any atom is 0.0995 e. The number of hydrogen-bond donors (Lipinski definition) is 0. The van der Waals surface area contributed by atoms with E-state index in [0.717, 1.165) is 27.7 Å². The molecule has 4 nitrogen and oxygen atoms in total. The van der Waals surface area contributed by atoms with Crippen molar-refractivity contribution in [1.82, 2.24) is 8.97 Å². The molecular formula is C64H36N4. The number of benzene rings is 9. The van der Waals surface area contributed by atoms with Gasteiger partial charge in [-0.3, -0.25) is 0 Å². The van der Waals surface area contributed by atoms with E-state index in [0.29, 0.717) is 0 Å². The van der Waals surface area contributed by atoms with Crippen LogP contribution < -0.4 is 0 Å². The molecule has 0 N–H and O–H groups in total. The SMILES string of the molecule is CC1(C)c2ccccc2-n2c3cc4c5c6c(c(C#N)cc5n5c7cc(C#N)c8c(c7c(c3c3cccc1c32)c45)C1c2ccccc2C12c1ccccc1C82)C1c2ccccc2C6c2ccccc21. The summed E-state index contributed by atoms with van der Waals surface area (Å²) in [4.78, 5) is 0. The average Bonchev–Trinajstić information content (AvgIpc) is 4.06. The largest absolute Gasteiger partial charge is 0.309 e. The predicted octanol–water partition coefficient (Wildman–Crippen LogP) is 14.2. The van der Waals surface area contributed by atoms with E-state index >= 15 is 0 Å². The Morgan fingerprint density at radius 2 is 0.956 bits per heavy atom. The number of fused-ring (bicyclic) bond motifs is 20. The second kappa shape index (κ2) is 10.9. The molecule has 0 fully saturated rings. The Morgan fingerprint density at radius 3 is 1.60 bits per heavy atom. The Balaban J connectivity index is 1.11. The van der Waals surface area contributed by atoms with E-state index in [4.69, 9.17) is 0 Å². The van der Waals surface area contributed by atoms with Crippen LogP contribution in [0.1, 0.15) is 127 Å². The molecule has 2 bridgehead atoms. The first-order chi connectivity index (χ1) is 33.5. The van der Waals surface area contributed by atoms with Crippen LogP contribution in [0.2, 0.25) is 0 Å². The molecule has 6 aliphatic carbocycles. The smallest absolute Gasteiger partial charge is 0.0995 e. The van der Waals surface area contributed by atoms with Gasteiger partial charge in [-0.1, -0.05) is 147 Å². The summed E-state index contributed by atoms with van der Waals surface area (Å²) in [6.45, 7) is 4.77. The zero-order valence-electron chi connectivity index (χ0n) is 37.1. The summed E-state index contributed by atoms with van der Waals surface area (Å²) >= 11 is 0. The summed E-state index contributed by atoms with van der Waals surface area (Å²) in [5, 5.41) is 30.4. The maximum atomic E-state index is 11.5. The topological polar surface area (TPSA) is 56.9 Å². The summed E-state index contributed by atoms with van der Waals surface area (Å²) in [7, 11) is 0. The molecule has 0 amide bonds. The number of aromatic nitrogens is 2. The summed E-state index contributed by atoms with van der Waals surface area (Å²) in [5.74, 6) is 0.105. The number of nitriles is 2. The summed E-state index contributed by atoms with van der Waals surface area (Å²) in [6.07, 6.45) is 0. The molecule has 3 unspecified atom stereocenters. The lowest BCUT2D eigenvalue weighted by atomic mass is 9.43. The van der Waals surface area contributed by atoms with Crippen LogP contribution in [0.5, 0.6) is 0 Å². The normalized spacial score (nSPS) is 21.8. The first-order valence-electron chi connectivity index (χ1n) is 24.1. The highest BCUT2D eigenvalue weighted by Crippen LogP contribution is 2.78. The minimum absolute atomic E-state index is 0.0386. The van der Waals surface area contributed by atoms with E-state index in [1.54, 1.807) is 0 Å². The fourth-order valence-electron chi connectivity index (χ4n) is 16.4. The van der Waals surface area contributed by atoms with Crippen molar-refractivity contribution in [1.29, 1.82) is 10.5 Å². The highest BCUT2D eigenvalue weighted by molar-refractivity contribution is 6.37. The van der Waals surface area contributed by atoms with E-state index < -0.39 is 0 Å². The van der Waals surface area contributed by atoms with Crippen molar-refractivity contribution >= 4 is 59.9 Å². The predicted molar refractivity (Wildman–Crippen MR) is 269 cm³/mol. The van der Waals surface area contributed by atoms with E-state index in [-0.39, 0.29) is 34.5 Å². The van der Waals surface area contributed by atoms with Crippen molar-refractivity contribution in [3.8, 4) is 17.8 Å². The zero-order valence-corrected chi connectivity index (χ0v) is 37.1.